The third kappa shape index (κ3) is 2.76. The second-order valence-electron chi connectivity index (χ2n) is 3.62. The summed E-state index contributed by atoms with van der Waals surface area (Å²) >= 11 is 0. The van der Waals surface area contributed by atoms with Crippen molar-refractivity contribution in [3.8, 4) is 0 Å². The summed E-state index contributed by atoms with van der Waals surface area (Å²) in [7, 11) is 0. The smallest absolute Gasteiger partial charge is 0.0615 e. The van der Waals surface area contributed by atoms with Crippen LogP contribution >= 0.6 is 0 Å². The van der Waals surface area contributed by atoms with Crippen LogP contribution in [0.15, 0.2) is 0 Å². The van der Waals surface area contributed by atoms with Crippen molar-refractivity contribution in [1.29, 1.82) is 0 Å². The van der Waals surface area contributed by atoms with Crippen LogP contribution in [0.3, 0.4) is 0 Å². The van der Waals surface area contributed by atoms with Crippen LogP contribution in [0.25, 0.3) is 0 Å². The van der Waals surface area contributed by atoms with Gasteiger partial charge >= 0.3 is 0 Å². The van der Waals surface area contributed by atoms with Gasteiger partial charge in [-0.25, -0.2) is 0 Å². The van der Waals surface area contributed by atoms with Gasteiger partial charge in [-0.15, -0.1) is 0 Å². The highest BCUT2D eigenvalue weighted by molar-refractivity contribution is 4.76. The molecule has 0 aromatic heterocycles. The molecule has 0 saturated heterocycles. The zero-order chi connectivity index (χ0) is 8.81. The van der Waals surface area contributed by atoms with E-state index < -0.39 is 0 Å². The van der Waals surface area contributed by atoms with Crippen molar-refractivity contribution in [2.24, 2.45) is 11.7 Å². The summed E-state index contributed by atoms with van der Waals surface area (Å²) in [6.07, 6.45) is 6.97. The lowest BCUT2D eigenvalue weighted by molar-refractivity contribution is 0.0177. The van der Waals surface area contributed by atoms with Crippen LogP contribution in [-0.2, 0) is 4.74 Å². The molecule has 0 amide bonds. The second-order valence-corrected chi connectivity index (χ2v) is 3.62. The van der Waals surface area contributed by atoms with Gasteiger partial charge in [0.1, 0.15) is 0 Å². The predicted octanol–water partition coefficient (Wildman–Crippen LogP) is 1.93. The molecule has 1 saturated carbocycles. The van der Waals surface area contributed by atoms with E-state index in [2.05, 4.69) is 6.92 Å². The largest absolute Gasteiger partial charge is 0.378 e. The fourth-order valence-electron chi connectivity index (χ4n) is 2.16. The summed E-state index contributed by atoms with van der Waals surface area (Å²) in [5.74, 6) is 0.800. The van der Waals surface area contributed by atoms with E-state index in [1.54, 1.807) is 0 Å². The van der Waals surface area contributed by atoms with Crippen LogP contribution < -0.4 is 5.73 Å². The van der Waals surface area contributed by atoms with E-state index in [1.807, 2.05) is 0 Å². The van der Waals surface area contributed by atoms with Gasteiger partial charge in [0.05, 0.1) is 6.10 Å². The lowest BCUT2D eigenvalue weighted by Crippen LogP contribution is -2.25. The maximum atomic E-state index is 5.69. The molecule has 1 fully saturated rings. The Balaban J connectivity index is 2.29. The molecule has 0 radical (unpaired) electrons. The molecule has 2 nitrogen and oxygen atoms in total. The minimum Gasteiger partial charge on any atom is -0.378 e. The Kier molecular flexibility index (Phi) is 4.62. The highest BCUT2D eigenvalue weighted by atomic mass is 16.5. The van der Waals surface area contributed by atoms with Crippen molar-refractivity contribution >= 4 is 0 Å². The van der Waals surface area contributed by atoms with Crippen molar-refractivity contribution in [3.05, 3.63) is 0 Å². The van der Waals surface area contributed by atoms with Crippen molar-refractivity contribution in [2.45, 2.75) is 45.1 Å². The number of hydrogen-bond donors (Lipinski definition) is 1. The molecule has 0 aliphatic heterocycles. The second kappa shape index (κ2) is 5.55. The van der Waals surface area contributed by atoms with Gasteiger partial charge in [-0.2, -0.15) is 0 Å². The van der Waals surface area contributed by atoms with Gasteiger partial charge in [-0.05, 0) is 38.6 Å². The van der Waals surface area contributed by atoms with Gasteiger partial charge in [0.2, 0.25) is 0 Å². The first kappa shape index (κ1) is 10.0. The molecular weight excluding hydrogens is 150 g/mol. The molecule has 2 heteroatoms. The summed E-state index contributed by atoms with van der Waals surface area (Å²) in [6, 6.07) is 0. The van der Waals surface area contributed by atoms with Crippen molar-refractivity contribution in [2.75, 3.05) is 13.2 Å². The zero-order valence-corrected chi connectivity index (χ0v) is 8.09. The average Bonchev–Trinajstić information content (AvgIpc) is 2.56. The van der Waals surface area contributed by atoms with Gasteiger partial charge in [-0.3, -0.25) is 0 Å². The third-order valence-electron chi connectivity index (χ3n) is 2.76. The molecule has 0 heterocycles. The quantitative estimate of drug-likeness (QED) is 0.686. The summed E-state index contributed by atoms with van der Waals surface area (Å²) in [5, 5.41) is 0. The highest BCUT2D eigenvalue weighted by Gasteiger charge is 2.24. The number of nitrogens with two attached hydrogens (primary N) is 1. The van der Waals surface area contributed by atoms with Crippen LogP contribution in [0.5, 0.6) is 0 Å². The molecular formula is C10H21NO. The minimum atomic E-state index is 0.447. The van der Waals surface area contributed by atoms with Crippen LogP contribution in [0, 0.1) is 5.92 Å². The van der Waals surface area contributed by atoms with Crippen LogP contribution in [-0.4, -0.2) is 19.3 Å². The van der Waals surface area contributed by atoms with E-state index in [1.165, 1.54) is 25.7 Å². The summed E-state index contributed by atoms with van der Waals surface area (Å²) in [5.41, 5.74) is 5.55. The Labute approximate surface area is 75.5 Å². The molecule has 1 aliphatic rings. The Morgan fingerprint density at radius 3 is 2.58 bits per heavy atom. The predicted molar refractivity (Wildman–Crippen MR) is 51.0 cm³/mol. The molecule has 72 valence electrons. The molecule has 1 aliphatic carbocycles. The monoisotopic (exact) mass is 171 g/mol. The van der Waals surface area contributed by atoms with Crippen LogP contribution in [0.4, 0.5) is 0 Å². The standard InChI is InChI=1S/C10H21NO/c1-2-12-10(7-8-11)9-5-3-4-6-9/h9-10H,2-8,11H2,1H3/t10-/m0/s1. The van der Waals surface area contributed by atoms with Crippen molar-refractivity contribution in [1.82, 2.24) is 0 Å². The zero-order valence-electron chi connectivity index (χ0n) is 8.09. The first-order chi connectivity index (χ1) is 5.88. The van der Waals surface area contributed by atoms with Gasteiger partial charge in [-0.1, -0.05) is 12.8 Å². The first-order valence-corrected chi connectivity index (χ1v) is 5.20. The summed E-state index contributed by atoms with van der Waals surface area (Å²) < 4.78 is 5.69. The van der Waals surface area contributed by atoms with Crippen molar-refractivity contribution < 1.29 is 4.74 Å². The summed E-state index contributed by atoms with van der Waals surface area (Å²) in [6.45, 7) is 3.67. The van der Waals surface area contributed by atoms with Crippen LogP contribution in [0.1, 0.15) is 39.0 Å². The minimum absolute atomic E-state index is 0.447. The average molecular weight is 171 g/mol. The summed E-state index contributed by atoms with van der Waals surface area (Å²) in [4.78, 5) is 0. The molecule has 0 spiro atoms. The van der Waals surface area contributed by atoms with Gasteiger partial charge in [0.15, 0.2) is 0 Å². The Morgan fingerprint density at radius 1 is 1.42 bits per heavy atom. The Hall–Kier alpha value is -0.0800. The normalized spacial score (nSPS) is 21.5. The van der Waals surface area contributed by atoms with Crippen LogP contribution in [0.2, 0.25) is 0 Å². The van der Waals surface area contributed by atoms with E-state index in [4.69, 9.17) is 10.5 Å². The molecule has 0 bridgehead atoms. The molecule has 1 rings (SSSR count). The van der Waals surface area contributed by atoms with E-state index in [0.717, 1.165) is 25.5 Å². The molecule has 2 N–H and O–H groups in total. The SMILES string of the molecule is CCO[C@@H](CCN)C1CCCC1. The maximum absolute atomic E-state index is 5.69. The number of hydrogen-bond acceptors (Lipinski definition) is 2. The maximum Gasteiger partial charge on any atom is 0.0615 e. The van der Waals surface area contributed by atoms with Gasteiger partial charge in [0, 0.05) is 6.61 Å². The van der Waals surface area contributed by atoms with Gasteiger partial charge < -0.3 is 10.5 Å². The fraction of sp³-hybridized carbons (Fsp3) is 1.00. The Bertz CT molecular complexity index is 104. The molecule has 1 atom stereocenters. The number of ether oxygens (including phenoxy) is 1. The van der Waals surface area contributed by atoms with Gasteiger partial charge in [0.25, 0.3) is 0 Å². The van der Waals surface area contributed by atoms with E-state index >= 15 is 0 Å². The molecule has 0 aromatic carbocycles. The number of rotatable bonds is 5. The topological polar surface area (TPSA) is 35.2 Å². The third-order valence-corrected chi connectivity index (χ3v) is 2.76. The lowest BCUT2D eigenvalue weighted by atomic mass is 9.98. The lowest BCUT2D eigenvalue weighted by Gasteiger charge is -2.22. The first-order valence-electron chi connectivity index (χ1n) is 5.20. The Morgan fingerprint density at radius 2 is 2.08 bits per heavy atom. The van der Waals surface area contributed by atoms with E-state index in [0.29, 0.717) is 6.10 Å². The van der Waals surface area contributed by atoms with E-state index in [9.17, 15) is 0 Å². The van der Waals surface area contributed by atoms with E-state index in [-0.39, 0.29) is 0 Å². The highest BCUT2D eigenvalue weighted by Crippen LogP contribution is 2.30. The fourth-order valence-corrected chi connectivity index (χ4v) is 2.16. The van der Waals surface area contributed by atoms with Crippen molar-refractivity contribution in [3.63, 3.8) is 0 Å². The molecule has 0 aromatic rings. The molecule has 12 heavy (non-hydrogen) atoms. The molecule has 0 unspecified atom stereocenters.